The first-order valence-electron chi connectivity index (χ1n) is 5.14. The summed E-state index contributed by atoms with van der Waals surface area (Å²) >= 11 is 0. The Labute approximate surface area is 105 Å². The molecule has 0 unspecified atom stereocenters. The molecule has 7 heteroatoms. The van der Waals surface area contributed by atoms with E-state index in [1.54, 1.807) is 0 Å². The fourth-order valence-corrected chi connectivity index (χ4v) is 1.54. The van der Waals surface area contributed by atoms with Crippen LogP contribution in [0.15, 0.2) is 16.5 Å². The van der Waals surface area contributed by atoms with E-state index in [9.17, 15) is 18.0 Å². The molecule has 0 amide bonds. The molecule has 1 aromatic carbocycles. The third-order valence-corrected chi connectivity index (χ3v) is 2.40. The molecule has 0 fully saturated rings. The van der Waals surface area contributed by atoms with E-state index in [0.717, 1.165) is 7.11 Å². The number of hydrogen-bond donors (Lipinski definition) is 0. The van der Waals surface area contributed by atoms with Crippen molar-refractivity contribution in [2.45, 2.75) is 6.92 Å². The Hall–Kier alpha value is -2.31. The number of oxazole rings is 1. The van der Waals surface area contributed by atoms with Crippen molar-refractivity contribution in [3.05, 3.63) is 41.0 Å². The molecule has 2 rings (SSSR count). The number of ether oxygens (including phenoxy) is 1. The number of rotatable bonds is 2. The van der Waals surface area contributed by atoms with Crippen LogP contribution in [0.1, 0.15) is 16.2 Å². The van der Waals surface area contributed by atoms with Crippen molar-refractivity contribution >= 4 is 5.97 Å². The summed E-state index contributed by atoms with van der Waals surface area (Å²) in [6.07, 6.45) is 0. The molecule has 1 heterocycles. The van der Waals surface area contributed by atoms with Gasteiger partial charge in [0.25, 0.3) is 0 Å². The summed E-state index contributed by atoms with van der Waals surface area (Å²) in [4.78, 5) is 15.0. The molecule has 1 aromatic heterocycles. The maximum atomic E-state index is 13.5. The quantitative estimate of drug-likeness (QED) is 0.788. The van der Waals surface area contributed by atoms with Gasteiger partial charge in [-0.1, -0.05) is 0 Å². The van der Waals surface area contributed by atoms with Gasteiger partial charge in [-0.25, -0.2) is 22.9 Å². The average molecular weight is 271 g/mol. The highest BCUT2D eigenvalue weighted by atomic mass is 19.1. The maximum Gasteiger partial charge on any atom is 0.360 e. The maximum absolute atomic E-state index is 13.5. The molecular formula is C12H8F3NO3. The highest BCUT2D eigenvalue weighted by molar-refractivity contribution is 5.88. The molecule has 2 aromatic rings. The zero-order valence-electron chi connectivity index (χ0n) is 9.96. The Bertz CT molecular complexity index is 629. The van der Waals surface area contributed by atoms with Gasteiger partial charge in [-0.15, -0.1) is 0 Å². The molecule has 0 saturated carbocycles. The normalized spacial score (nSPS) is 10.6. The van der Waals surface area contributed by atoms with Crippen LogP contribution in [0.2, 0.25) is 0 Å². The number of hydrogen-bond acceptors (Lipinski definition) is 4. The molecule has 0 radical (unpaired) electrons. The Morgan fingerprint density at radius 1 is 1.26 bits per heavy atom. The fraction of sp³-hybridized carbons (Fsp3) is 0.167. The van der Waals surface area contributed by atoms with E-state index in [0.29, 0.717) is 12.1 Å². The highest BCUT2D eigenvalue weighted by Crippen LogP contribution is 2.28. The smallest absolute Gasteiger partial charge is 0.360 e. The first-order chi connectivity index (χ1) is 8.93. The summed E-state index contributed by atoms with van der Waals surface area (Å²) in [5.74, 6) is -4.60. The number of carbonyl (C=O) groups excluding carboxylic acids is 1. The number of methoxy groups -OCH3 is 1. The van der Waals surface area contributed by atoms with Crippen LogP contribution in [0, 0.1) is 24.4 Å². The second kappa shape index (κ2) is 4.75. The molecule has 0 N–H and O–H groups in total. The number of esters is 1. The van der Waals surface area contributed by atoms with Gasteiger partial charge >= 0.3 is 5.97 Å². The van der Waals surface area contributed by atoms with Crippen LogP contribution in [0.5, 0.6) is 0 Å². The number of aromatic nitrogens is 1. The molecule has 0 aliphatic carbocycles. The summed E-state index contributed by atoms with van der Waals surface area (Å²) in [6.45, 7) is 1.39. The highest BCUT2D eigenvalue weighted by Gasteiger charge is 2.23. The predicted molar refractivity (Wildman–Crippen MR) is 57.9 cm³/mol. The van der Waals surface area contributed by atoms with Crippen molar-refractivity contribution in [2.24, 2.45) is 0 Å². The van der Waals surface area contributed by atoms with Gasteiger partial charge < -0.3 is 9.15 Å². The third-order valence-electron chi connectivity index (χ3n) is 2.40. The van der Waals surface area contributed by atoms with E-state index >= 15 is 0 Å². The molecule has 0 aliphatic rings. The molecule has 4 nitrogen and oxygen atoms in total. The van der Waals surface area contributed by atoms with E-state index in [1.807, 2.05) is 0 Å². The van der Waals surface area contributed by atoms with Crippen molar-refractivity contribution in [3.8, 4) is 11.5 Å². The molecule has 0 bridgehead atoms. The van der Waals surface area contributed by atoms with E-state index in [4.69, 9.17) is 4.42 Å². The molecule has 100 valence electrons. The standard InChI is InChI=1S/C12H8F3NO3/c1-5-10(12(17)18-2)16-11(19-5)9-7(14)3-6(13)4-8(9)15/h3-4H,1-2H3. The fourth-order valence-electron chi connectivity index (χ4n) is 1.54. The Balaban J connectivity index is 2.58. The molecular weight excluding hydrogens is 263 g/mol. The minimum Gasteiger partial charge on any atom is -0.464 e. The largest absolute Gasteiger partial charge is 0.464 e. The van der Waals surface area contributed by atoms with Crippen molar-refractivity contribution in [2.75, 3.05) is 7.11 Å². The Kier molecular flexibility index (Phi) is 3.28. The van der Waals surface area contributed by atoms with Crippen LogP contribution < -0.4 is 0 Å². The SMILES string of the molecule is COC(=O)c1nc(-c2c(F)cc(F)cc2F)oc1C. The first kappa shape index (κ1) is 13.1. The summed E-state index contributed by atoms with van der Waals surface area (Å²) in [6, 6.07) is 0.992. The van der Waals surface area contributed by atoms with E-state index < -0.39 is 34.9 Å². The van der Waals surface area contributed by atoms with Gasteiger partial charge in [0.2, 0.25) is 5.89 Å². The number of carbonyl (C=O) groups is 1. The van der Waals surface area contributed by atoms with Crippen LogP contribution in [0.25, 0.3) is 11.5 Å². The molecule has 0 saturated heterocycles. The van der Waals surface area contributed by atoms with Gasteiger partial charge in [0.1, 0.15) is 28.8 Å². The lowest BCUT2D eigenvalue weighted by molar-refractivity contribution is 0.0593. The van der Waals surface area contributed by atoms with E-state index in [-0.39, 0.29) is 11.5 Å². The predicted octanol–water partition coefficient (Wildman–Crippen LogP) is 2.85. The van der Waals surface area contributed by atoms with Gasteiger partial charge in [-0.2, -0.15) is 0 Å². The lowest BCUT2D eigenvalue weighted by Gasteiger charge is -2.00. The number of nitrogens with zero attached hydrogens (tertiary/aromatic N) is 1. The summed E-state index contributed by atoms with van der Waals surface area (Å²) in [7, 11) is 1.13. The second-order valence-electron chi connectivity index (χ2n) is 3.66. The number of benzene rings is 1. The molecule has 0 atom stereocenters. The van der Waals surface area contributed by atoms with Crippen LogP contribution in [-0.4, -0.2) is 18.1 Å². The molecule has 0 spiro atoms. The molecule has 19 heavy (non-hydrogen) atoms. The van der Waals surface area contributed by atoms with Gasteiger partial charge in [0.15, 0.2) is 5.69 Å². The topological polar surface area (TPSA) is 52.3 Å². The Morgan fingerprint density at radius 3 is 2.37 bits per heavy atom. The van der Waals surface area contributed by atoms with E-state index in [1.165, 1.54) is 6.92 Å². The monoisotopic (exact) mass is 271 g/mol. The van der Waals surface area contributed by atoms with Gasteiger partial charge in [-0.05, 0) is 6.92 Å². The number of halogens is 3. The van der Waals surface area contributed by atoms with Crippen molar-refractivity contribution in [1.29, 1.82) is 0 Å². The zero-order valence-corrected chi connectivity index (χ0v) is 9.96. The minimum absolute atomic E-state index is 0.0463. The van der Waals surface area contributed by atoms with Crippen LogP contribution in [0.4, 0.5) is 13.2 Å². The first-order valence-corrected chi connectivity index (χ1v) is 5.14. The van der Waals surface area contributed by atoms with Gasteiger partial charge in [-0.3, -0.25) is 0 Å². The average Bonchev–Trinajstić information content (AvgIpc) is 2.68. The summed E-state index contributed by atoms with van der Waals surface area (Å²) in [5.41, 5.74) is -0.833. The van der Waals surface area contributed by atoms with Gasteiger partial charge in [0, 0.05) is 12.1 Å². The second-order valence-corrected chi connectivity index (χ2v) is 3.66. The lowest BCUT2D eigenvalue weighted by atomic mass is 10.2. The van der Waals surface area contributed by atoms with Crippen LogP contribution >= 0.6 is 0 Å². The van der Waals surface area contributed by atoms with Gasteiger partial charge in [0.05, 0.1) is 7.11 Å². The minimum atomic E-state index is -1.17. The van der Waals surface area contributed by atoms with E-state index in [2.05, 4.69) is 9.72 Å². The molecule has 0 aliphatic heterocycles. The third kappa shape index (κ3) is 2.31. The summed E-state index contributed by atoms with van der Waals surface area (Å²) in [5, 5.41) is 0. The Morgan fingerprint density at radius 2 is 1.84 bits per heavy atom. The summed E-state index contributed by atoms with van der Waals surface area (Å²) < 4.78 is 49.3. The van der Waals surface area contributed by atoms with Crippen molar-refractivity contribution < 1.29 is 27.1 Å². The van der Waals surface area contributed by atoms with Crippen molar-refractivity contribution in [1.82, 2.24) is 4.98 Å². The van der Waals surface area contributed by atoms with Crippen LogP contribution in [-0.2, 0) is 4.74 Å². The number of aryl methyl sites for hydroxylation is 1. The zero-order chi connectivity index (χ0) is 14.2. The van der Waals surface area contributed by atoms with Crippen molar-refractivity contribution in [3.63, 3.8) is 0 Å². The van der Waals surface area contributed by atoms with Crippen LogP contribution in [0.3, 0.4) is 0 Å². The lowest BCUT2D eigenvalue weighted by Crippen LogP contribution is -2.03.